The summed E-state index contributed by atoms with van der Waals surface area (Å²) in [6.45, 7) is 6.15. The molecule has 0 unspecified atom stereocenters. The van der Waals surface area contributed by atoms with Crippen LogP contribution in [0.4, 0.5) is 0 Å². The largest absolute Gasteiger partial charge is 0.282 e. The molecule has 0 atom stereocenters. The Hall–Kier alpha value is -0.0200. The Morgan fingerprint density at radius 2 is 2.09 bits per heavy atom. The van der Waals surface area contributed by atoms with E-state index >= 15 is 0 Å². The van der Waals surface area contributed by atoms with E-state index in [1.807, 2.05) is 9.92 Å². The molecular formula is C8H16NOS. The molecule has 0 amide bonds. The Balaban J connectivity index is 3.27. The zero-order valence-electron chi connectivity index (χ0n) is 7.30. The lowest BCUT2D eigenvalue weighted by Gasteiger charge is -2.14. The van der Waals surface area contributed by atoms with Crippen molar-refractivity contribution >= 4 is 17.6 Å². The highest BCUT2D eigenvalue weighted by atomic mass is 32.2. The van der Waals surface area contributed by atoms with E-state index in [0.717, 1.165) is 25.0 Å². The summed E-state index contributed by atoms with van der Waals surface area (Å²) < 4.78 is 2.03. The standard InChI is InChI=1S/C8H16NOS/c1-3-5-6-7-9(4-2)11-8-10/h3-7H2,1-2H3. The number of hydrogen-bond donors (Lipinski definition) is 0. The van der Waals surface area contributed by atoms with Gasteiger partial charge >= 0.3 is 0 Å². The molecule has 0 aliphatic carbocycles. The van der Waals surface area contributed by atoms with Crippen LogP contribution in [0.5, 0.6) is 0 Å². The monoisotopic (exact) mass is 174 g/mol. The molecule has 0 fully saturated rings. The van der Waals surface area contributed by atoms with Crippen LogP contribution in [0.15, 0.2) is 0 Å². The molecule has 0 aliphatic heterocycles. The average molecular weight is 174 g/mol. The van der Waals surface area contributed by atoms with E-state index in [1.165, 1.54) is 19.3 Å². The van der Waals surface area contributed by atoms with Crippen LogP contribution >= 0.6 is 11.9 Å². The molecule has 0 saturated heterocycles. The summed E-state index contributed by atoms with van der Waals surface area (Å²) in [4.78, 5) is 10.0. The third-order valence-electron chi connectivity index (χ3n) is 1.53. The Labute approximate surface area is 73.5 Å². The quantitative estimate of drug-likeness (QED) is 0.436. The van der Waals surface area contributed by atoms with Crippen LogP contribution in [-0.2, 0) is 4.79 Å². The summed E-state index contributed by atoms with van der Waals surface area (Å²) in [5, 5.41) is 0. The second kappa shape index (κ2) is 8.08. The van der Waals surface area contributed by atoms with Crippen LogP contribution in [0.1, 0.15) is 33.1 Å². The second-order valence-corrected chi connectivity index (χ2v) is 3.27. The molecule has 3 heteroatoms. The van der Waals surface area contributed by atoms with Gasteiger partial charge in [0.25, 0.3) is 5.62 Å². The van der Waals surface area contributed by atoms with Gasteiger partial charge in [-0.2, -0.15) is 0 Å². The van der Waals surface area contributed by atoms with Gasteiger partial charge in [-0.1, -0.05) is 26.7 Å². The maximum Gasteiger partial charge on any atom is 0.282 e. The first kappa shape index (κ1) is 11.0. The highest BCUT2D eigenvalue weighted by molar-refractivity contribution is 8.09. The Morgan fingerprint density at radius 3 is 2.55 bits per heavy atom. The van der Waals surface area contributed by atoms with Crippen molar-refractivity contribution in [3.63, 3.8) is 0 Å². The van der Waals surface area contributed by atoms with Gasteiger partial charge in [0.2, 0.25) is 0 Å². The summed E-state index contributed by atoms with van der Waals surface area (Å²) in [7, 11) is 0. The highest BCUT2D eigenvalue weighted by Crippen LogP contribution is 2.07. The van der Waals surface area contributed by atoms with Gasteiger partial charge in [0.1, 0.15) is 0 Å². The van der Waals surface area contributed by atoms with E-state index in [0.29, 0.717) is 0 Å². The van der Waals surface area contributed by atoms with Crippen molar-refractivity contribution in [3.05, 3.63) is 0 Å². The fraction of sp³-hybridized carbons (Fsp3) is 0.875. The first-order valence-electron chi connectivity index (χ1n) is 4.14. The van der Waals surface area contributed by atoms with Gasteiger partial charge in [-0.3, -0.25) is 4.79 Å². The van der Waals surface area contributed by atoms with Gasteiger partial charge in [0.15, 0.2) is 0 Å². The van der Waals surface area contributed by atoms with E-state index in [-0.39, 0.29) is 0 Å². The lowest BCUT2D eigenvalue weighted by Crippen LogP contribution is -2.16. The van der Waals surface area contributed by atoms with Crippen LogP contribution in [0.25, 0.3) is 0 Å². The van der Waals surface area contributed by atoms with E-state index in [9.17, 15) is 4.79 Å². The molecule has 11 heavy (non-hydrogen) atoms. The van der Waals surface area contributed by atoms with E-state index < -0.39 is 0 Å². The summed E-state index contributed by atoms with van der Waals surface area (Å²) in [5.74, 6) is 0. The van der Waals surface area contributed by atoms with Crippen LogP contribution in [0, 0.1) is 0 Å². The number of hydrogen-bond acceptors (Lipinski definition) is 3. The minimum Gasteiger partial charge on any atom is -0.276 e. The molecule has 0 heterocycles. The molecule has 65 valence electrons. The highest BCUT2D eigenvalue weighted by Gasteiger charge is 2.00. The minimum absolute atomic E-state index is 0.920. The van der Waals surface area contributed by atoms with Crippen LogP contribution < -0.4 is 0 Å². The molecule has 0 aromatic heterocycles. The molecule has 0 N–H and O–H groups in total. The summed E-state index contributed by atoms with van der Waals surface area (Å²) in [6.07, 6.45) is 3.65. The molecule has 1 radical (unpaired) electrons. The van der Waals surface area contributed by atoms with E-state index in [1.54, 1.807) is 0 Å². The van der Waals surface area contributed by atoms with Gasteiger partial charge < -0.3 is 0 Å². The van der Waals surface area contributed by atoms with Gasteiger partial charge in [-0.05, 0) is 6.42 Å². The number of unbranched alkanes of at least 4 members (excludes halogenated alkanes) is 2. The number of nitrogens with zero attached hydrogens (tertiary/aromatic N) is 1. The van der Waals surface area contributed by atoms with Crippen molar-refractivity contribution in [2.75, 3.05) is 13.1 Å². The van der Waals surface area contributed by atoms with Gasteiger partial charge in [0.05, 0.1) is 0 Å². The molecular weight excluding hydrogens is 158 g/mol. The summed E-state index contributed by atoms with van der Waals surface area (Å²) in [6, 6.07) is 0. The first-order valence-corrected chi connectivity index (χ1v) is 4.91. The fourth-order valence-corrected chi connectivity index (χ4v) is 1.31. The van der Waals surface area contributed by atoms with Crippen molar-refractivity contribution < 1.29 is 4.79 Å². The number of rotatable bonds is 7. The molecule has 0 bridgehead atoms. The lowest BCUT2D eigenvalue weighted by molar-refractivity contribution is 0.472. The van der Waals surface area contributed by atoms with Crippen molar-refractivity contribution in [1.29, 1.82) is 0 Å². The second-order valence-electron chi connectivity index (χ2n) is 2.40. The van der Waals surface area contributed by atoms with Crippen molar-refractivity contribution in [2.24, 2.45) is 0 Å². The maximum absolute atomic E-state index is 10.0. The molecule has 0 spiro atoms. The molecule has 0 saturated carbocycles. The molecule has 0 aliphatic rings. The Kier molecular flexibility index (Phi) is 8.07. The Bertz CT molecular complexity index is 98.1. The van der Waals surface area contributed by atoms with E-state index in [4.69, 9.17) is 0 Å². The number of carbonyl (C=O) groups excluding carboxylic acids is 1. The lowest BCUT2D eigenvalue weighted by atomic mass is 10.2. The zero-order chi connectivity index (χ0) is 8.53. The third-order valence-corrected chi connectivity index (χ3v) is 2.30. The van der Waals surface area contributed by atoms with Crippen LogP contribution in [0.2, 0.25) is 0 Å². The zero-order valence-corrected chi connectivity index (χ0v) is 8.12. The van der Waals surface area contributed by atoms with Gasteiger partial charge in [-0.25, -0.2) is 4.31 Å². The van der Waals surface area contributed by atoms with Crippen molar-refractivity contribution in [3.8, 4) is 0 Å². The topological polar surface area (TPSA) is 20.3 Å². The van der Waals surface area contributed by atoms with Crippen LogP contribution in [-0.4, -0.2) is 23.0 Å². The SMILES string of the molecule is CCCCCN(CC)S[C]=O. The predicted octanol–water partition coefficient (Wildman–Crippen LogP) is 2.21. The van der Waals surface area contributed by atoms with Crippen molar-refractivity contribution in [1.82, 2.24) is 4.31 Å². The first-order chi connectivity index (χ1) is 5.35. The normalized spacial score (nSPS) is 10.5. The minimum atomic E-state index is 0.920. The average Bonchev–Trinajstić information content (AvgIpc) is 2.03. The fourth-order valence-electron chi connectivity index (χ4n) is 0.859. The smallest absolute Gasteiger partial charge is 0.276 e. The summed E-state index contributed by atoms with van der Waals surface area (Å²) >= 11 is 1.15. The Morgan fingerprint density at radius 1 is 1.36 bits per heavy atom. The molecule has 0 aromatic rings. The van der Waals surface area contributed by atoms with Gasteiger partial charge in [-0.15, -0.1) is 0 Å². The molecule has 0 rings (SSSR count). The summed E-state index contributed by atoms with van der Waals surface area (Å²) in [5.41, 5.74) is 1.84. The predicted molar refractivity (Wildman–Crippen MR) is 50.1 cm³/mol. The van der Waals surface area contributed by atoms with Gasteiger partial charge in [0, 0.05) is 25.0 Å². The molecule has 0 aromatic carbocycles. The van der Waals surface area contributed by atoms with Crippen molar-refractivity contribution in [2.45, 2.75) is 33.1 Å². The van der Waals surface area contributed by atoms with Crippen LogP contribution in [0.3, 0.4) is 0 Å². The third kappa shape index (κ3) is 6.38. The van der Waals surface area contributed by atoms with E-state index in [2.05, 4.69) is 13.8 Å². The molecule has 2 nitrogen and oxygen atoms in total. The maximum atomic E-state index is 10.0.